The molecule has 1 heterocycles. The van der Waals surface area contributed by atoms with Crippen molar-refractivity contribution < 1.29 is 9.23 Å². The first-order chi connectivity index (χ1) is 7.22. The number of halogens is 2. The average Bonchev–Trinajstić information content (AvgIpc) is 2.70. The van der Waals surface area contributed by atoms with Crippen LogP contribution in [0.2, 0.25) is 5.02 Å². The Morgan fingerprint density at radius 2 is 2.40 bits per heavy atom. The molecule has 0 saturated carbocycles. The van der Waals surface area contributed by atoms with Crippen molar-refractivity contribution >= 4 is 17.3 Å². The number of nitrogens with two attached hydrogens (primary N) is 1. The van der Waals surface area contributed by atoms with E-state index >= 15 is 0 Å². The Hall–Kier alpha value is -1.13. The zero-order chi connectivity index (χ0) is 10.8. The van der Waals surface area contributed by atoms with E-state index in [1.54, 1.807) is 12.1 Å². The molecule has 0 aromatic heterocycles. The summed E-state index contributed by atoms with van der Waals surface area (Å²) in [5.41, 5.74) is 6.37. The van der Waals surface area contributed by atoms with Crippen molar-refractivity contribution in [2.24, 2.45) is 10.9 Å². The van der Waals surface area contributed by atoms with Crippen molar-refractivity contribution in [3.05, 3.63) is 34.6 Å². The van der Waals surface area contributed by atoms with Gasteiger partial charge in [0.25, 0.3) is 0 Å². The summed E-state index contributed by atoms with van der Waals surface area (Å²) < 4.78 is 13.6. The second-order valence-corrected chi connectivity index (χ2v) is 3.71. The van der Waals surface area contributed by atoms with Crippen molar-refractivity contribution in [1.29, 1.82) is 0 Å². The summed E-state index contributed by atoms with van der Waals surface area (Å²) in [6.45, 7) is 0.370. The molecule has 1 atom stereocenters. The first kappa shape index (κ1) is 10.4. The van der Waals surface area contributed by atoms with Crippen LogP contribution in [0.3, 0.4) is 0 Å². The average molecular weight is 229 g/mol. The number of oxime groups is 1. The van der Waals surface area contributed by atoms with Crippen LogP contribution in [-0.4, -0.2) is 18.4 Å². The van der Waals surface area contributed by atoms with Gasteiger partial charge in [-0.3, -0.25) is 0 Å². The molecule has 2 rings (SSSR count). The zero-order valence-electron chi connectivity index (χ0n) is 7.91. The Morgan fingerprint density at radius 1 is 1.60 bits per heavy atom. The minimum atomic E-state index is -0.459. The molecule has 2 N–H and O–H groups in total. The van der Waals surface area contributed by atoms with Crippen LogP contribution in [0.5, 0.6) is 0 Å². The van der Waals surface area contributed by atoms with Crippen molar-refractivity contribution in [2.75, 3.05) is 6.54 Å². The fourth-order valence-electron chi connectivity index (χ4n) is 1.44. The summed E-state index contributed by atoms with van der Waals surface area (Å²) in [5, 5.41) is 3.89. The SMILES string of the molecule is NCC1CC(c2cccc(Cl)c2F)=NO1. The summed E-state index contributed by atoms with van der Waals surface area (Å²) in [5.74, 6) is -0.459. The van der Waals surface area contributed by atoms with Crippen LogP contribution in [0, 0.1) is 5.82 Å². The topological polar surface area (TPSA) is 47.6 Å². The largest absolute Gasteiger partial charge is 0.390 e. The van der Waals surface area contributed by atoms with Gasteiger partial charge in [0.15, 0.2) is 5.82 Å². The highest BCUT2D eigenvalue weighted by molar-refractivity contribution is 6.31. The molecule has 0 bridgehead atoms. The molecular formula is C10H10ClFN2O. The smallest absolute Gasteiger partial charge is 0.150 e. The number of rotatable bonds is 2. The monoisotopic (exact) mass is 228 g/mol. The molecule has 1 aromatic rings. The molecule has 1 aromatic carbocycles. The lowest BCUT2D eigenvalue weighted by atomic mass is 10.0. The van der Waals surface area contributed by atoms with Crippen LogP contribution in [0.25, 0.3) is 0 Å². The van der Waals surface area contributed by atoms with Crippen molar-refractivity contribution in [3.63, 3.8) is 0 Å². The third-order valence-electron chi connectivity index (χ3n) is 2.26. The molecule has 15 heavy (non-hydrogen) atoms. The van der Waals surface area contributed by atoms with E-state index in [9.17, 15) is 4.39 Å². The van der Waals surface area contributed by atoms with Gasteiger partial charge in [-0.05, 0) is 12.1 Å². The first-order valence-electron chi connectivity index (χ1n) is 4.59. The molecule has 0 radical (unpaired) electrons. The summed E-state index contributed by atoms with van der Waals surface area (Å²) in [7, 11) is 0. The third-order valence-corrected chi connectivity index (χ3v) is 2.55. The van der Waals surface area contributed by atoms with Gasteiger partial charge in [0.2, 0.25) is 0 Å². The van der Waals surface area contributed by atoms with E-state index in [4.69, 9.17) is 22.2 Å². The highest BCUT2D eigenvalue weighted by Crippen LogP contribution is 2.23. The van der Waals surface area contributed by atoms with Crippen LogP contribution in [0.15, 0.2) is 23.4 Å². The molecular weight excluding hydrogens is 219 g/mol. The lowest BCUT2D eigenvalue weighted by Gasteiger charge is -2.03. The maximum atomic E-state index is 13.6. The van der Waals surface area contributed by atoms with E-state index < -0.39 is 5.82 Å². The predicted octanol–water partition coefficient (Wildman–Crippen LogP) is 1.93. The Balaban J connectivity index is 2.28. The summed E-state index contributed by atoms with van der Waals surface area (Å²) in [6.07, 6.45) is 0.367. The van der Waals surface area contributed by atoms with E-state index in [1.165, 1.54) is 6.07 Å². The van der Waals surface area contributed by atoms with Crippen LogP contribution < -0.4 is 5.73 Å². The lowest BCUT2D eigenvalue weighted by Crippen LogP contribution is -2.20. The number of hydrogen-bond donors (Lipinski definition) is 1. The van der Waals surface area contributed by atoms with Gasteiger partial charge in [-0.1, -0.05) is 22.8 Å². The van der Waals surface area contributed by atoms with E-state index in [0.717, 1.165) is 0 Å². The maximum absolute atomic E-state index is 13.6. The summed E-state index contributed by atoms with van der Waals surface area (Å²) in [6, 6.07) is 4.80. The molecule has 0 saturated heterocycles. The van der Waals surface area contributed by atoms with Crippen LogP contribution in [0.1, 0.15) is 12.0 Å². The highest BCUT2D eigenvalue weighted by atomic mass is 35.5. The standard InChI is InChI=1S/C10H10ClFN2O/c11-8-3-1-2-7(10(8)12)9-4-6(5-13)15-14-9/h1-3,6H,4-5,13H2. The second-order valence-electron chi connectivity index (χ2n) is 3.31. The van der Waals surface area contributed by atoms with E-state index in [2.05, 4.69) is 5.16 Å². The quantitative estimate of drug-likeness (QED) is 0.841. The molecule has 1 aliphatic heterocycles. The van der Waals surface area contributed by atoms with Gasteiger partial charge < -0.3 is 10.6 Å². The zero-order valence-corrected chi connectivity index (χ0v) is 8.67. The summed E-state index contributed by atoms with van der Waals surface area (Å²) >= 11 is 5.67. The molecule has 1 aliphatic rings. The van der Waals surface area contributed by atoms with Crippen molar-refractivity contribution in [1.82, 2.24) is 0 Å². The Kier molecular flexibility index (Phi) is 2.88. The number of hydrogen-bond acceptors (Lipinski definition) is 3. The molecule has 1 unspecified atom stereocenters. The Labute approximate surface area is 91.7 Å². The molecule has 5 heteroatoms. The van der Waals surface area contributed by atoms with Crippen LogP contribution in [0.4, 0.5) is 4.39 Å². The van der Waals surface area contributed by atoms with Gasteiger partial charge in [0.1, 0.15) is 6.10 Å². The van der Waals surface area contributed by atoms with Crippen molar-refractivity contribution in [3.8, 4) is 0 Å². The highest BCUT2D eigenvalue weighted by Gasteiger charge is 2.23. The molecule has 0 aliphatic carbocycles. The lowest BCUT2D eigenvalue weighted by molar-refractivity contribution is 0.0918. The van der Waals surface area contributed by atoms with Gasteiger partial charge in [0.05, 0.1) is 10.7 Å². The minimum Gasteiger partial charge on any atom is -0.390 e. The van der Waals surface area contributed by atoms with Gasteiger partial charge >= 0.3 is 0 Å². The van der Waals surface area contributed by atoms with Gasteiger partial charge in [0, 0.05) is 18.5 Å². The number of benzene rings is 1. The summed E-state index contributed by atoms with van der Waals surface area (Å²) in [4.78, 5) is 5.02. The van der Waals surface area contributed by atoms with Gasteiger partial charge in [-0.15, -0.1) is 0 Å². The van der Waals surface area contributed by atoms with E-state index in [-0.39, 0.29) is 11.1 Å². The van der Waals surface area contributed by atoms with Crippen molar-refractivity contribution in [2.45, 2.75) is 12.5 Å². The minimum absolute atomic E-state index is 0.0893. The Bertz CT molecular complexity index is 408. The van der Waals surface area contributed by atoms with Crippen LogP contribution >= 0.6 is 11.6 Å². The van der Waals surface area contributed by atoms with Crippen LogP contribution in [-0.2, 0) is 4.84 Å². The fourth-order valence-corrected chi connectivity index (χ4v) is 1.62. The fraction of sp³-hybridized carbons (Fsp3) is 0.300. The predicted molar refractivity (Wildman–Crippen MR) is 56.5 cm³/mol. The molecule has 80 valence electrons. The first-order valence-corrected chi connectivity index (χ1v) is 4.97. The number of nitrogens with zero attached hydrogens (tertiary/aromatic N) is 1. The Morgan fingerprint density at radius 3 is 3.07 bits per heavy atom. The third kappa shape index (κ3) is 1.96. The van der Waals surface area contributed by atoms with E-state index in [1.807, 2.05) is 0 Å². The van der Waals surface area contributed by atoms with Gasteiger partial charge in [-0.25, -0.2) is 4.39 Å². The molecule has 3 nitrogen and oxygen atoms in total. The van der Waals surface area contributed by atoms with E-state index in [0.29, 0.717) is 24.2 Å². The van der Waals surface area contributed by atoms with Gasteiger partial charge in [-0.2, -0.15) is 0 Å². The molecule has 0 spiro atoms. The molecule has 0 fully saturated rings. The molecule has 0 amide bonds. The maximum Gasteiger partial charge on any atom is 0.150 e. The second kappa shape index (κ2) is 4.16. The normalized spacial score (nSPS) is 19.9.